The molecule has 158 valence electrons. The van der Waals surface area contributed by atoms with Crippen LogP contribution in [0.5, 0.6) is 11.8 Å². The van der Waals surface area contributed by atoms with Crippen LogP contribution in [0.1, 0.15) is 35.3 Å². The van der Waals surface area contributed by atoms with Gasteiger partial charge in [-0.1, -0.05) is 41.9 Å². The zero-order valence-corrected chi connectivity index (χ0v) is 17.9. The molecule has 31 heavy (non-hydrogen) atoms. The zero-order chi connectivity index (χ0) is 22.3. The first kappa shape index (κ1) is 20.8. The second-order valence-electron chi connectivity index (χ2n) is 7.75. The lowest BCUT2D eigenvalue weighted by atomic mass is 9.96. The van der Waals surface area contributed by atoms with Gasteiger partial charge in [0.2, 0.25) is 0 Å². The summed E-state index contributed by atoms with van der Waals surface area (Å²) >= 11 is 6.44. The molecule has 0 saturated heterocycles. The highest BCUT2D eigenvalue weighted by Gasteiger charge is 2.17. The Hall–Kier alpha value is -3.42. The maximum Gasteiger partial charge on any atom is 0.336 e. The molecule has 0 unspecified atom stereocenters. The predicted molar refractivity (Wildman–Crippen MR) is 118 cm³/mol. The summed E-state index contributed by atoms with van der Waals surface area (Å²) < 4.78 is 5.71. The quantitative estimate of drug-likeness (QED) is 0.390. The highest BCUT2D eigenvalue weighted by Crippen LogP contribution is 2.32. The molecule has 0 aliphatic heterocycles. The Morgan fingerprint density at radius 3 is 2.45 bits per heavy atom. The number of hydrogen-bond donors (Lipinski definition) is 3. The van der Waals surface area contributed by atoms with E-state index in [1.54, 1.807) is 39.0 Å². The fourth-order valence-electron chi connectivity index (χ4n) is 3.19. The minimum Gasteiger partial charge on any atom is -0.478 e. The monoisotopic (exact) mass is 437 g/mol. The summed E-state index contributed by atoms with van der Waals surface area (Å²) in [5.74, 6) is -0.683. The summed E-state index contributed by atoms with van der Waals surface area (Å²) in [6.45, 7) is 5.16. The van der Waals surface area contributed by atoms with E-state index in [-0.39, 0.29) is 11.6 Å². The number of H-pyrrole nitrogens is 1. The number of aromatic amines is 1. The predicted octanol–water partition coefficient (Wildman–Crippen LogP) is 5.30. The second kappa shape index (κ2) is 7.68. The Kier molecular flexibility index (Phi) is 5.16. The number of ether oxygens (including phenoxy) is 1. The van der Waals surface area contributed by atoms with Gasteiger partial charge in [-0.25, -0.2) is 9.78 Å². The van der Waals surface area contributed by atoms with Crippen molar-refractivity contribution in [2.75, 3.05) is 0 Å². The summed E-state index contributed by atoms with van der Waals surface area (Å²) in [5, 5.41) is 19.8. The van der Waals surface area contributed by atoms with Crippen molar-refractivity contribution in [2.45, 2.75) is 26.4 Å². The fourth-order valence-corrected chi connectivity index (χ4v) is 3.45. The van der Waals surface area contributed by atoms with E-state index in [1.165, 1.54) is 6.07 Å². The van der Waals surface area contributed by atoms with Gasteiger partial charge in [0.15, 0.2) is 5.65 Å². The van der Waals surface area contributed by atoms with E-state index >= 15 is 0 Å². The Morgan fingerprint density at radius 1 is 1.10 bits per heavy atom. The molecule has 4 aromatic rings. The van der Waals surface area contributed by atoms with Gasteiger partial charge in [0.1, 0.15) is 5.75 Å². The van der Waals surface area contributed by atoms with Crippen LogP contribution in [0, 0.1) is 6.92 Å². The first-order valence-corrected chi connectivity index (χ1v) is 9.91. The molecular weight excluding hydrogens is 418 g/mol. The average Bonchev–Trinajstić information content (AvgIpc) is 3.09. The summed E-state index contributed by atoms with van der Waals surface area (Å²) in [4.78, 5) is 23.2. The largest absolute Gasteiger partial charge is 0.478 e. The molecule has 0 spiro atoms. The molecule has 0 fully saturated rings. The Morgan fingerprint density at radius 2 is 1.81 bits per heavy atom. The van der Waals surface area contributed by atoms with Crippen molar-refractivity contribution in [3.05, 3.63) is 70.2 Å². The number of aliphatic hydroxyl groups is 1. The van der Waals surface area contributed by atoms with Crippen LogP contribution in [-0.2, 0) is 5.60 Å². The first-order chi connectivity index (χ1) is 14.6. The van der Waals surface area contributed by atoms with Crippen molar-refractivity contribution in [2.24, 2.45) is 0 Å². The number of nitrogens with one attached hydrogen (secondary N) is 1. The van der Waals surface area contributed by atoms with Gasteiger partial charge in [0, 0.05) is 5.56 Å². The zero-order valence-electron chi connectivity index (χ0n) is 17.1. The van der Waals surface area contributed by atoms with Crippen LogP contribution in [-0.4, -0.2) is 31.1 Å². The van der Waals surface area contributed by atoms with E-state index in [1.807, 2.05) is 24.3 Å². The molecule has 0 amide bonds. The number of fused-ring (bicyclic) bond motifs is 1. The molecule has 3 N–H and O–H groups in total. The van der Waals surface area contributed by atoms with Gasteiger partial charge in [-0.15, -0.1) is 0 Å². The normalized spacial score (nSPS) is 11.6. The van der Waals surface area contributed by atoms with Crippen LogP contribution in [0.2, 0.25) is 5.02 Å². The minimum absolute atomic E-state index is 0.159. The van der Waals surface area contributed by atoms with Crippen molar-refractivity contribution >= 4 is 28.7 Å². The number of halogens is 1. The van der Waals surface area contributed by atoms with E-state index in [0.29, 0.717) is 33.2 Å². The lowest BCUT2D eigenvalue weighted by molar-refractivity contribution is 0.0695. The van der Waals surface area contributed by atoms with Gasteiger partial charge in [-0.2, -0.15) is 4.98 Å². The number of carboxylic acids is 1. The number of pyridine rings is 1. The SMILES string of the molecule is Cc1ccc(Oc2nc3nc(-c4ccc(C(C)(C)O)cc4)c(Cl)cc3[nH]2)cc1C(=O)O. The molecule has 0 bridgehead atoms. The maximum atomic E-state index is 11.3. The van der Waals surface area contributed by atoms with Gasteiger partial charge in [-0.3, -0.25) is 0 Å². The molecule has 0 aliphatic carbocycles. The van der Waals surface area contributed by atoms with E-state index in [0.717, 1.165) is 11.1 Å². The summed E-state index contributed by atoms with van der Waals surface area (Å²) in [6.07, 6.45) is 0. The Bertz CT molecular complexity index is 1290. The fraction of sp³-hybridized carbons (Fsp3) is 0.174. The molecule has 4 rings (SSSR count). The number of carbonyl (C=O) groups is 1. The molecule has 8 heteroatoms. The van der Waals surface area contributed by atoms with Crippen molar-refractivity contribution in [3.63, 3.8) is 0 Å². The van der Waals surface area contributed by atoms with Crippen molar-refractivity contribution in [3.8, 4) is 23.0 Å². The first-order valence-electron chi connectivity index (χ1n) is 9.53. The number of rotatable bonds is 5. The number of benzene rings is 2. The van der Waals surface area contributed by atoms with Gasteiger partial charge < -0.3 is 19.9 Å². The highest BCUT2D eigenvalue weighted by atomic mass is 35.5. The highest BCUT2D eigenvalue weighted by molar-refractivity contribution is 6.33. The topological polar surface area (TPSA) is 108 Å². The van der Waals surface area contributed by atoms with Gasteiger partial charge >= 0.3 is 12.0 Å². The van der Waals surface area contributed by atoms with Crippen molar-refractivity contribution in [1.29, 1.82) is 0 Å². The standard InChI is InChI=1S/C23H20ClN3O4/c1-12-4-9-15(10-16(12)21(28)29)31-22-25-18-11-17(24)19(26-20(18)27-22)13-5-7-14(8-6-13)23(2,3)30/h4-11,30H,1-3H3,(H,28,29)(H,25,26,27). The molecule has 0 saturated carbocycles. The van der Waals surface area contributed by atoms with E-state index < -0.39 is 11.6 Å². The number of aromatic nitrogens is 3. The summed E-state index contributed by atoms with van der Waals surface area (Å²) in [7, 11) is 0. The van der Waals surface area contributed by atoms with Crippen LogP contribution < -0.4 is 4.74 Å². The van der Waals surface area contributed by atoms with Crippen molar-refractivity contribution in [1.82, 2.24) is 15.0 Å². The van der Waals surface area contributed by atoms with Crippen LogP contribution in [0.25, 0.3) is 22.4 Å². The number of carboxylic acid groups (broad SMARTS) is 1. The van der Waals surface area contributed by atoms with Gasteiger partial charge in [0.05, 0.1) is 27.4 Å². The lowest BCUT2D eigenvalue weighted by Gasteiger charge is -2.17. The number of hydrogen-bond acceptors (Lipinski definition) is 5. The third kappa shape index (κ3) is 4.23. The molecule has 2 heterocycles. The third-order valence-electron chi connectivity index (χ3n) is 4.92. The van der Waals surface area contributed by atoms with Crippen LogP contribution in [0.3, 0.4) is 0 Å². The smallest absolute Gasteiger partial charge is 0.336 e. The Balaban J connectivity index is 1.66. The molecule has 0 radical (unpaired) electrons. The van der Waals surface area contributed by atoms with Crippen LogP contribution in [0.4, 0.5) is 0 Å². The summed E-state index contributed by atoms with van der Waals surface area (Å²) in [6, 6.07) is 14.0. The lowest BCUT2D eigenvalue weighted by Crippen LogP contribution is -2.14. The summed E-state index contributed by atoms with van der Waals surface area (Å²) in [5.41, 5.74) is 2.97. The number of aryl methyl sites for hydroxylation is 1. The molecule has 0 aliphatic rings. The second-order valence-corrected chi connectivity index (χ2v) is 8.16. The van der Waals surface area contributed by atoms with Crippen LogP contribution in [0.15, 0.2) is 48.5 Å². The minimum atomic E-state index is -1.03. The molecule has 2 aromatic carbocycles. The number of aromatic carboxylic acids is 1. The maximum absolute atomic E-state index is 11.3. The molecule has 2 aromatic heterocycles. The van der Waals surface area contributed by atoms with Gasteiger partial charge in [-0.05, 0) is 50.1 Å². The third-order valence-corrected chi connectivity index (χ3v) is 5.21. The Labute approximate surface area is 183 Å². The number of nitrogens with zero attached hydrogens (tertiary/aromatic N) is 2. The van der Waals surface area contributed by atoms with E-state index in [2.05, 4.69) is 15.0 Å². The van der Waals surface area contributed by atoms with E-state index in [4.69, 9.17) is 16.3 Å². The van der Waals surface area contributed by atoms with Crippen LogP contribution >= 0.6 is 11.6 Å². The van der Waals surface area contributed by atoms with Gasteiger partial charge in [0.25, 0.3) is 0 Å². The molecule has 7 nitrogen and oxygen atoms in total. The average molecular weight is 438 g/mol. The molecular formula is C23H20ClN3O4. The number of imidazole rings is 1. The van der Waals surface area contributed by atoms with E-state index in [9.17, 15) is 15.0 Å². The molecule has 0 atom stereocenters. The van der Waals surface area contributed by atoms with Crippen molar-refractivity contribution < 1.29 is 19.7 Å².